The number of allylic oxidation sites excluding steroid dienone is 5. The SMILES string of the molecule is [2H]C1([2H])N(c2ccc3c(c2)[Si](C)(C)C2=CC(=[N+]4C([2H])([2H])C([2H])([2H])C4([2H])[2H])C=CC2=C3c2c(F)c(C(=O)CCc3ccc(COc4nc(N)nc5nc[nH]c45)cc3)c(F)c(F)c2C(=O)O)C([2H])([2H])C1([2H])[2H]. The van der Waals surface area contributed by atoms with Crippen molar-refractivity contribution < 1.29 is 53.6 Å². The Labute approximate surface area is 349 Å². The lowest BCUT2D eigenvalue weighted by Crippen LogP contribution is -2.50. The Morgan fingerprint density at radius 1 is 1.00 bits per heavy atom. The number of carboxylic acid groups (broad SMARTS) is 1. The second-order valence-corrected chi connectivity index (χ2v) is 18.5. The molecule has 0 amide bonds. The first-order chi connectivity index (χ1) is 32.4. The van der Waals surface area contributed by atoms with Gasteiger partial charge in [-0.2, -0.15) is 9.97 Å². The number of nitrogen functional groups attached to an aromatic ring is 1. The standard InChI is InChI=1S/C43H38F3N7O4Si/c1-58(2)30-19-25(52-15-3-16-52)10-12-27(30)32(28-13-11-26(20-31(28)58)53-17-4-18-53)34-35(42(55)56)38(46)37(45)33(36(34)44)29(54)14-9-23-5-7-24(8-6-23)21-57-41-39-40(49-22-48-39)50-43(47)51-41/h5-8,10-13,19-20,22H,3-4,9,14-18,21H2,1-2H3,(H3-,47,48,49,50,51,55,56)/p+1/i3D2,4D2,15D2,16D2,17D2,18D2. The molecule has 0 bridgehead atoms. The highest BCUT2D eigenvalue weighted by Crippen LogP contribution is 2.45. The smallest absolute Gasteiger partial charge is 0.339 e. The molecular weight excluding hydrogens is 764 g/mol. The van der Waals surface area contributed by atoms with Crippen molar-refractivity contribution in [3.8, 4) is 5.88 Å². The number of Topliss-reactive ketones (excluding diaryl/α,β-unsaturated/α-hetero) is 1. The molecule has 5 aromatic rings. The summed E-state index contributed by atoms with van der Waals surface area (Å²) in [5.41, 5.74) is 2.78. The van der Waals surface area contributed by atoms with Gasteiger partial charge in [-0.1, -0.05) is 43.4 Å². The number of fused-ring (bicyclic) bond motifs is 3. The van der Waals surface area contributed by atoms with Gasteiger partial charge >= 0.3 is 5.97 Å². The number of imidazole rings is 1. The highest BCUT2D eigenvalue weighted by molar-refractivity contribution is 6.98. The molecule has 0 spiro atoms. The van der Waals surface area contributed by atoms with Gasteiger partial charge < -0.3 is 25.5 Å². The lowest BCUT2D eigenvalue weighted by molar-refractivity contribution is -0.582. The average molecular weight is 815 g/mol. The summed E-state index contributed by atoms with van der Waals surface area (Å²) in [5, 5.41) is 10.8. The van der Waals surface area contributed by atoms with Crippen molar-refractivity contribution in [3.05, 3.63) is 129 Å². The van der Waals surface area contributed by atoms with Gasteiger partial charge in [-0.05, 0) is 69.2 Å². The number of carbonyl (C=O) groups is 2. The summed E-state index contributed by atoms with van der Waals surface area (Å²) < 4.78 is 157. The van der Waals surface area contributed by atoms with E-state index in [1.807, 2.05) is 0 Å². The van der Waals surface area contributed by atoms with E-state index < -0.39 is 105 Å². The molecule has 9 rings (SSSR count). The molecule has 11 nitrogen and oxygen atoms in total. The van der Waals surface area contributed by atoms with Gasteiger partial charge in [-0.3, -0.25) is 4.79 Å². The fraction of sp³-hybridized carbons (Fsp3) is 0.256. The van der Waals surface area contributed by atoms with Crippen LogP contribution in [-0.2, 0) is 13.0 Å². The number of carbonyl (C=O) groups excluding carboxylic acids is 1. The number of ketones is 1. The summed E-state index contributed by atoms with van der Waals surface area (Å²) >= 11 is 0. The molecule has 1 aliphatic carbocycles. The molecule has 294 valence electrons. The molecule has 0 atom stereocenters. The first-order valence-electron chi connectivity index (χ1n) is 23.8. The van der Waals surface area contributed by atoms with Crippen LogP contribution in [0.25, 0.3) is 16.7 Å². The second-order valence-electron chi connectivity index (χ2n) is 14.2. The zero-order chi connectivity index (χ0) is 51.2. The van der Waals surface area contributed by atoms with E-state index in [4.69, 9.17) is 26.9 Å². The molecule has 2 saturated heterocycles. The van der Waals surface area contributed by atoms with E-state index in [1.54, 1.807) is 37.4 Å². The number of hydrogen-bond donors (Lipinski definition) is 3. The Kier molecular flexibility index (Phi) is 6.33. The first-order valence-corrected chi connectivity index (χ1v) is 20.8. The number of benzene rings is 3. The maximum absolute atomic E-state index is 17.5. The van der Waals surface area contributed by atoms with Crippen LogP contribution in [0.5, 0.6) is 5.88 Å². The van der Waals surface area contributed by atoms with Crippen molar-refractivity contribution >= 4 is 59.1 Å². The number of aromatic carboxylic acids is 1. The molecule has 4 aliphatic rings. The van der Waals surface area contributed by atoms with Gasteiger partial charge in [0.2, 0.25) is 11.8 Å². The maximum Gasteiger partial charge on any atom is 0.339 e. The average Bonchev–Trinajstić information content (AvgIpc) is 3.75. The third kappa shape index (κ3) is 6.20. The first kappa shape index (κ1) is 25.8. The number of carboxylic acids is 1. The normalized spacial score (nSPS) is 25.1. The van der Waals surface area contributed by atoms with Gasteiger partial charge in [0.15, 0.2) is 28.8 Å². The minimum absolute atomic E-state index is 0.0190. The van der Waals surface area contributed by atoms with Crippen molar-refractivity contribution in [1.29, 1.82) is 0 Å². The van der Waals surface area contributed by atoms with E-state index in [0.717, 1.165) is 0 Å². The second kappa shape index (κ2) is 14.2. The van der Waals surface area contributed by atoms with Gasteiger partial charge in [0.25, 0.3) is 0 Å². The number of H-pyrrole nitrogens is 1. The number of rotatable bonds is 10. The van der Waals surface area contributed by atoms with E-state index in [2.05, 4.69) is 19.9 Å². The molecule has 2 fully saturated rings. The molecule has 3 aliphatic heterocycles. The van der Waals surface area contributed by atoms with Gasteiger partial charge in [-0.15, -0.1) is 0 Å². The predicted molar refractivity (Wildman–Crippen MR) is 216 cm³/mol. The highest BCUT2D eigenvalue weighted by Gasteiger charge is 2.44. The van der Waals surface area contributed by atoms with Crippen molar-refractivity contribution in [3.63, 3.8) is 0 Å². The van der Waals surface area contributed by atoms with Crippen LogP contribution in [0.2, 0.25) is 13.1 Å². The van der Waals surface area contributed by atoms with E-state index in [9.17, 15) is 14.7 Å². The van der Waals surface area contributed by atoms with Crippen LogP contribution in [0.4, 0.5) is 24.8 Å². The Morgan fingerprint density at radius 3 is 2.50 bits per heavy atom. The number of anilines is 2. The summed E-state index contributed by atoms with van der Waals surface area (Å²) in [7, 11) is -3.48. The molecule has 0 unspecified atom stereocenters. The molecule has 4 N–H and O–H groups in total. The topological polar surface area (TPSA) is 150 Å². The molecule has 3 aromatic carbocycles. The van der Waals surface area contributed by atoms with Gasteiger partial charge in [0.05, 0.1) is 18.3 Å². The minimum Gasteiger partial charge on any atom is -0.478 e. The fourth-order valence-electron chi connectivity index (χ4n) is 7.46. The molecule has 58 heavy (non-hydrogen) atoms. The number of halogens is 3. The van der Waals surface area contributed by atoms with Crippen LogP contribution in [0.3, 0.4) is 0 Å². The number of aromatic nitrogens is 4. The zero-order valence-electron chi connectivity index (χ0n) is 42.6. The Bertz CT molecular complexity index is 3250. The van der Waals surface area contributed by atoms with E-state index in [-0.39, 0.29) is 57.8 Å². The van der Waals surface area contributed by atoms with E-state index in [1.165, 1.54) is 42.8 Å². The number of ether oxygens (including phenoxy) is 1. The van der Waals surface area contributed by atoms with Crippen LogP contribution in [0.1, 0.15) is 78.6 Å². The Morgan fingerprint density at radius 2 is 1.74 bits per heavy atom. The van der Waals surface area contributed by atoms with Crippen LogP contribution in [0.15, 0.2) is 77.8 Å². The quantitative estimate of drug-likeness (QED) is 0.0641. The maximum atomic E-state index is 17.5. The summed E-state index contributed by atoms with van der Waals surface area (Å²) in [6.45, 7) is -8.27. The molecule has 0 saturated carbocycles. The van der Waals surface area contributed by atoms with Gasteiger partial charge in [0, 0.05) is 53.8 Å². The van der Waals surface area contributed by atoms with Crippen molar-refractivity contribution in [2.45, 2.75) is 45.3 Å². The largest absolute Gasteiger partial charge is 0.478 e. The number of hydrogen-bond acceptors (Lipinski definition) is 8. The van der Waals surface area contributed by atoms with Crippen molar-refractivity contribution in [1.82, 2.24) is 19.9 Å². The number of nitrogens with zero attached hydrogens (tertiary/aromatic N) is 5. The third-order valence-corrected chi connectivity index (χ3v) is 14.0. The summed E-state index contributed by atoms with van der Waals surface area (Å²) in [6, 6.07) is 10.3. The molecule has 2 aromatic heterocycles. The summed E-state index contributed by atoms with van der Waals surface area (Å²) in [4.78, 5) is 42.5. The lowest BCUT2D eigenvalue weighted by Gasteiger charge is -2.40. The van der Waals surface area contributed by atoms with Crippen LogP contribution in [-0.4, -0.2) is 81.1 Å². The van der Waals surface area contributed by atoms with Crippen molar-refractivity contribution in [2.75, 3.05) is 36.6 Å². The zero-order valence-corrected chi connectivity index (χ0v) is 31.6. The van der Waals surface area contributed by atoms with Gasteiger partial charge in [-0.25, -0.2) is 27.5 Å². The Balaban J connectivity index is 1.14. The van der Waals surface area contributed by atoms with Gasteiger partial charge in [0.1, 0.15) is 50.1 Å². The fourth-order valence-corrected chi connectivity index (χ4v) is 10.5. The number of aryl methyl sites for hydroxylation is 1. The predicted octanol–water partition coefficient (Wildman–Crippen LogP) is 6.28. The number of nitrogens with two attached hydrogens (primary N) is 1. The van der Waals surface area contributed by atoms with E-state index >= 15 is 13.2 Å². The molecular formula is C43H39F3N7O4Si+. The van der Waals surface area contributed by atoms with Crippen molar-refractivity contribution in [2.24, 2.45) is 0 Å². The molecule has 0 radical (unpaired) electrons. The van der Waals surface area contributed by atoms with Crippen LogP contribution in [0, 0.1) is 17.5 Å². The number of nitrogens with one attached hydrogen (secondary N) is 1. The number of aromatic amines is 1. The monoisotopic (exact) mass is 814 g/mol. The lowest BCUT2D eigenvalue weighted by atomic mass is 9.84. The summed E-state index contributed by atoms with van der Waals surface area (Å²) in [6.07, 6.45) is -1.65. The third-order valence-electron chi connectivity index (χ3n) is 10.5. The van der Waals surface area contributed by atoms with Crippen LogP contribution < -0.4 is 20.6 Å². The minimum atomic E-state index is -3.48. The Hall–Kier alpha value is -6.35. The molecule has 15 heteroatoms. The highest BCUT2D eigenvalue weighted by atomic mass is 28.3. The summed E-state index contributed by atoms with van der Waals surface area (Å²) in [5.74, 6) is -9.18. The van der Waals surface area contributed by atoms with Crippen LogP contribution >= 0.6 is 0 Å². The molecule has 5 heterocycles. The van der Waals surface area contributed by atoms with E-state index in [0.29, 0.717) is 31.8 Å².